The van der Waals surface area contributed by atoms with Gasteiger partial charge in [0.1, 0.15) is 0 Å². The van der Waals surface area contributed by atoms with Gasteiger partial charge in [0.25, 0.3) is 0 Å². The third-order valence-electron chi connectivity index (χ3n) is 3.53. The Bertz CT molecular complexity index is 755. The van der Waals surface area contributed by atoms with Crippen molar-refractivity contribution in [2.45, 2.75) is 6.92 Å². The molecule has 0 atom stereocenters. The molecule has 3 aromatic carbocycles. The van der Waals surface area contributed by atoms with E-state index in [1.54, 1.807) is 0 Å². The molecule has 0 aromatic heterocycles. The van der Waals surface area contributed by atoms with Gasteiger partial charge in [-0.05, 0) is 18.1 Å². The highest BCUT2D eigenvalue weighted by Crippen LogP contribution is 2.21. The summed E-state index contributed by atoms with van der Waals surface area (Å²) in [5.41, 5.74) is 4.98. The molecule has 102 valence electrons. The lowest BCUT2D eigenvalue weighted by Crippen LogP contribution is -2.00. The molecule has 0 aliphatic carbocycles. The van der Waals surface area contributed by atoms with Crippen LogP contribution in [0.4, 0.5) is 0 Å². The molecule has 0 aliphatic rings. The van der Waals surface area contributed by atoms with E-state index in [-0.39, 0.29) is 5.78 Å². The lowest BCUT2D eigenvalue weighted by Gasteiger charge is -2.05. The number of ketones is 1. The van der Waals surface area contributed by atoms with Gasteiger partial charge in [0.15, 0.2) is 5.78 Å². The van der Waals surface area contributed by atoms with Crippen molar-refractivity contribution < 1.29 is 4.79 Å². The average molecular weight is 272 g/mol. The molecule has 0 N–H and O–H groups in total. The summed E-state index contributed by atoms with van der Waals surface area (Å²) in [4.78, 5) is 12.3. The number of hydrogen-bond donors (Lipinski definition) is 0. The Hall–Kier alpha value is -2.67. The number of hydrogen-bond acceptors (Lipinski definition) is 1. The van der Waals surface area contributed by atoms with Crippen LogP contribution in [0.5, 0.6) is 0 Å². The Morgan fingerprint density at radius 2 is 1.33 bits per heavy atom. The van der Waals surface area contributed by atoms with Crippen molar-refractivity contribution in [3.63, 3.8) is 0 Å². The van der Waals surface area contributed by atoms with E-state index in [1.807, 2.05) is 60.7 Å². The van der Waals surface area contributed by atoms with E-state index < -0.39 is 0 Å². The maximum Gasteiger partial charge on any atom is 0.193 e. The highest BCUT2D eigenvalue weighted by molar-refractivity contribution is 6.09. The molecule has 0 saturated carbocycles. The predicted octanol–water partition coefficient (Wildman–Crippen LogP) is 4.89. The standard InChI is InChI=1S/C20H16O/c1-15-6-5-9-19(14-15)16-10-12-18(13-11-16)20(21)17-7-3-2-4-8-17/h2-14H,1H3. The van der Waals surface area contributed by atoms with Crippen molar-refractivity contribution in [1.82, 2.24) is 0 Å². The highest BCUT2D eigenvalue weighted by Gasteiger charge is 2.08. The first-order valence-electron chi connectivity index (χ1n) is 7.01. The van der Waals surface area contributed by atoms with Gasteiger partial charge in [0, 0.05) is 11.1 Å². The maximum absolute atomic E-state index is 12.3. The van der Waals surface area contributed by atoms with Crippen LogP contribution in [-0.2, 0) is 0 Å². The Balaban J connectivity index is 1.89. The van der Waals surface area contributed by atoms with Crippen LogP contribution in [0.25, 0.3) is 11.1 Å². The second-order valence-electron chi connectivity index (χ2n) is 5.14. The summed E-state index contributed by atoms with van der Waals surface area (Å²) in [5, 5.41) is 0. The lowest BCUT2D eigenvalue weighted by atomic mass is 9.99. The van der Waals surface area contributed by atoms with Crippen molar-refractivity contribution in [2.24, 2.45) is 0 Å². The smallest absolute Gasteiger partial charge is 0.193 e. The fourth-order valence-electron chi connectivity index (χ4n) is 2.39. The normalized spacial score (nSPS) is 10.3. The van der Waals surface area contributed by atoms with Gasteiger partial charge in [-0.3, -0.25) is 4.79 Å². The summed E-state index contributed by atoms with van der Waals surface area (Å²) in [5.74, 6) is 0.0615. The second kappa shape index (κ2) is 5.76. The molecule has 1 heteroatoms. The van der Waals surface area contributed by atoms with Crippen LogP contribution < -0.4 is 0 Å². The van der Waals surface area contributed by atoms with E-state index in [2.05, 4.69) is 25.1 Å². The molecule has 0 amide bonds. The summed E-state index contributed by atoms with van der Waals surface area (Å²) in [7, 11) is 0. The van der Waals surface area contributed by atoms with Gasteiger partial charge in [0.2, 0.25) is 0 Å². The first-order valence-corrected chi connectivity index (χ1v) is 7.01. The predicted molar refractivity (Wildman–Crippen MR) is 86.5 cm³/mol. The molecule has 0 fully saturated rings. The number of carbonyl (C=O) groups excluding carboxylic acids is 1. The van der Waals surface area contributed by atoms with Gasteiger partial charge in [-0.1, -0.05) is 84.4 Å². The summed E-state index contributed by atoms with van der Waals surface area (Å²) >= 11 is 0. The van der Waals surface area contributed by atoms with Crippen LogP contribution in [0.3, 0.4) is 0 Å². The number of carbonyl (C=O) groups is 1. The van der Waals surface area contributed by atoms with Crippen LogP contribution in [0.2, 0.25) is 0 Å². The Kier molecular flexibility index (Phi) is 3.65. The largest absolute Gasteiger partial charge is 0.289 e. The van der Waals surface area contributed by atoms with E-state index in [0.29, 0.717) is 0 Å². The number of aryl methyl sites for hydroxylation is 1. The molecule has 0 aliphatic heterocycles. The summed E-state index contributed by atoms with van der Waals surface area (Å²) in [6, 6.07) is 25.5. The first kappa shape index (κ1) is 13.3. The molecule has 0 heterocycles. The van der Waals surface area contributed by atoms with E-state index in [4.69, 9.17) is 0 Å². The monoisotopic (exact) mass is 272 g/mol. The number of benzene rings is 3. The molecule has 1 nitrogen and oxygen atoms in total. The SMILES string of the molecule is Cc1cccc(-c2ccc(C(=O)c3ccccc3)cc2)c1. The van der Waals surface area contributed by atoms with Crippen LogP contribution in [0.1, 0.15) is 21.5 Å². The minimum absolute atomic E-state index is 0.0615. The summed E-state index contributed by atoms with van der Waals surface area (Å²) in [6.07, 6.45) is 0. The van der Waals surface area contributed by atoms with Crippen molar-refractivity contribution in [1.29, 1.82) is 0 Å². The van der Waals surface area contributed by atoms with Crippen molar-refractivity contribution >= 4 is 5.78 Å². The maximum atomic E-state index is 12.3. The molecule has 0 saturated heterocycles. The quantitative estimate of drug-likeness (QED) is 0.620. The molecule has 3 rings (SSSR count). The van der Waals surface area contributed by atoms with Crippen molar-refractivity contribution in [3.8, 4) is 11.1 Å². The lowest BCUT2D eigenvalue weighted by molar-refractivity contribution is 0.103. The molecule has 0 bridgehead atoms. The van der Waals surface area contributed by atoms with Gasteiger partial charge in [-0.15, -0.1) is 0 Å². The third-order valence-corrected chi connectivity index (χ3v) is 3.53. The fraction of sp³-hybridized carbons (Fsp3) is 0.0500. The van der Waals surface area contributed by atoms with Gasteiger partial charge >= 0.3 is 0 Å². The van der Waals surface area contributed by atoms with Crippen molar-refractivity contribution in [3.05, 3.63) is 95.6 Å². The summed E-state index contributed by atoms with van der Waals surface area (Å²) in [6.45, 7) is 2.08. The second-order valence-corrected chi connectivity index (χ2v) is 5.14. The zero-order valence-electron chi connectivity index (χ0n) is 11.9. The first-order chi connectivity index (χ1) is 10.2. The van der Waals surface area contributed by atoms with Gasteiger partial charge < -0.3 is 0 Å². The number of rotatable bonds is 3. The van der Waals surface area contributed by atoms with E-state index >= 15 is 0 Å². The van der Waals surface area contributed by atoms with E-state index in [1.165, 1.54) is 11.1 Å². The topological polar surface area (TPSA) is 17.1 Å². The zero-order chi connectivity index (χ0) is 14.7. The molecule has 0 spiro atoms. The molecular formula is C20H16O. The molecule has 0 unspecified atom stereocenters. The minimum Gasteiger partial charge on any atom is -0.289 e. The highest BCUT2D eigenvalue weighted by atomic mass is 16.1. The van der Waals surface area contributed by atoms with Crippen LogP contribution in [0, 0.1) is 6.92 Å². The molecular weight excluding hydrogens is 256 g/mol. The Morgan fingerprint density at radius 3 is 2.00 bits per heavy atom. The van der Waals surface area contributed by atoms with Gasteiger partial charge in [-0.25, -0.2) is 0 Å². The minimum atomic E-state index is 0.0615. The molecule has 0 radical (unpaired) electrons. The van der Waals surface area contributed by atoms with Gasteiger partial charge in [-0.2, -0.15) is 0 Å². The Morgan fingerprint density at radius 1 is 0.667 bits per heavy atom. The van der Waals surface area contributed by atoms with Gasteiger partial charge in [0.05, 0.1) is 0 Å². The van der Waals surface area contributed by atoms with E-state index in [0.717, 1.165) is 16.7 Å². The van der Waals surface area contributed by atoms with E-state index in [9.17, 15) is 4.79 Å². The summed E-state index contributed by atoms with van der Waals surface area (Å²) < 4.78 is 0. The Labute approximate surface area is 124 Å². The van der Waals surface area contributed by atoms with Crippen molar-refractivity contribution in [2.75, 3.05) is 0 Å². The van der Waals surface area contributed by atoms with Crippen LogP contribution in [-0.4, -0.2) is 5.78 Å². The zero-order valence-corrected chi connectivity index (χ0v) is 11.9. The van der Waals surface area contributed by atoms with Crippen LogP contribution in [0.15, 0.2) is 78.9 Å². The molecule has 3 aromatic rings. The third kappa shape index (κ3) is 2.92. The molecule has 21 heavy (non-hydrogen) atoms. The average Bonchev–Trinajstić information content (AvgIpc) is 2.55. The van der Waals surface area contributed by atoms with Crippen LogP contribution >= 0.6 is 0 Å². The fourth-order valence-corrected chi connectivity index (χ4v) is 2.39.